The predicted molar refractivity (Wildman–Crippen MR) is 180 cm³/mol. The molecule has 0 spiro atoms. The molecule has 0 unspecified atom stereocenters. The molecule has 0 aliphatic rings. The van der Waals surface area contributed by atoms with Crippen LogP contribution in [0.15, 0.2) is 84.9 Å². The summed E-state index contributed by atoms with van der Waals surface area (Å²) in [5.74, 6) is -2.20. The van der Waals surface area contributed by atoms with Gasteiger partial charge in [-0.1, -0.05) is 62.4 Å². The van der Waals surface area contributed by atoms with Crippen molar-refractivity contribution in [3.05, 3.63) is 112 Å². The Bertz CT molecular complexity index is 1650. The van der Waals surface area contributed by atoms with Crippen LogP contribution in [0.2, 0.25) is 0 Å². The number of hydrogen-bond acceptors (Lipinski definition) is 8. The Morgan fingerprint density at radius 1 is 0.959 bits per heavy atom. The molecule has 0 saturated heterocycles. The van der Waals surface area contributed by atoms with Crippen LogP contribution in [0.25, 0.3) is 22.4 Å². The second-order valence-corrected chi connectivity index (χ2v) is 11.7. The smallest absolute Gasteiger partial charge is 0.294 e. The van der Waals surface area contributed by atoms with Crippen LogP contribution in [0.4, 0.5) is 10.1 Å². The minimum absolute atomic E-state index is 0.121. The van der Waals surface area contributed by atoms with Gasteiger partial charge in [0.1, 0.15) is 12.4 Å². The minimum Gasteiger partial charge on any atom is -0.550 e. The summed E-state index contributed by atoms with van der Waals surface area (Å²) in [6, 6.07) is 24.7. The lowest BCUT2D eigenvalue weighted by Crippen LogP contribution is -2.50. The maximum absolute atomic E-state index is 14.0. The van der Waals surface area contributed by atoms with E-state index >= 15 is 0 Å². The number of anilines is 1. The number of aromatic nitrogens is 1. The van der Waals surface area contributed by atoms with E-state index in [4.69, 9.17) is 0 Å². The van der Waals surface area contributed by atoms with E-state index in [9.17, 15) is 39.4 Å². The van der Waals surface area contributed by atoms with Crippen LogP contribution in [0.1, 0.15) is 61.5 Å². The zero-order valence-electron chi connectivity index (χ0n) is 27.6. The fourth-order valence-corrected chi connectivity index (χ4v) is 5.44. The first-order valence-electron chi connectivity index (χ1n) is 16.0. The minimum atomic E-state index is -1.39. The summed E-state index contributed by atoms with van der Waals surface area (Å²) < 4.78 is 16.0. The van der Waals surface area contributed by atoms with Crippen molar-refractivity contribution in [2.24, 2.45) is 0 Å². The van der Waals surface area contributed by atoms with Crippen molar-refractivity contribution in [2.45, 2.75) is 64.2 Å². The third-order valence-electron chi connectivity index (χ3n) is 7.51. The lowest BCUT2D eigenvalue weighted by Gasteiger charge is -2.20. The molecule has 262 valence electrons. The van der Waals surface area contributed by atoms with E-state index in [0.717, 1.165) is 11.3 Å². The fourth-order valence-electron chi connectivity index (χ4n) is 5.44. The Kier molecular flexibility index (Phi) is 14.9. The van der Waals surface area contributed by atoms with Crippen LogP contribution in [-0.4, -0.2) is 57.1 Å². The third-order valence-corrected chi connectivity index (χ3v) is 7.51. The Labute approximate surface area is 284 Å². The number of carbonyl (C=O) groups is 2. The summed E-state index contributed by atoms with van der Waals surface area (Å²) in [5.41, 5.74) is 8.20. The Morgan fingerprint density at radius 3 is 2.12 bits per heavy atom. The van der Waals surface area contributed by atoms with Gasteiger partial charge in [0.2, 0.25) is 0 Å². The maximum Gasteiger partial charge on any atom is 0.294 e. The number of quaternary nitrogens is 1. The molecule has 13 heteroatoms. The molecule has 49 heavy (non-hydrogen) atoms. The number of halogens is 1. The highest BCUT2D eigenvalue weighted by atomic mass is 19.1. The zero-order valence-corrected chi connectivity index (χ0v) is 27.6. The van der Waals surface area contributed by atoms with Crippen LogP contribution < -0.4 is 16.2 Å². The van der Waals surface area contributed by atoms with Crippen LogP contribution in [0.5, 0.6) is 0 Å². The molecule has 4 aromatic rings. The van der Waals surface area contributed by atoms with E-state index < -0.39 is 35.5 Å². The topological polar surface area (TPSA) is 195 Å². The molecule has 1 amide bonds. The standard InChI is InChI=1S/C33H35FN2O5.C3H8N2O3/c1-21(2)31-30(33(41)35-25-11-7-4-8-12-25)29(22-9-5-3-6-10-22)32(23-13-15-24(34)16-14-23)36(31)18-17-26(37)19-27(38)20-28(39)40;4-2-1-3-8-5(6)7/h3-16,21,26-27,37-38H,17-20H2,1-2H3,(H,35,41)(H,39,40);1-4H2/t26-,27-;/m1./s1. The van der Waals surface area contributed by atoms with Gasteiger partial charge in [-0.25, -0.2) is 4.39 Å². The fraction of sp³-hybridized carbons (Fsp3) is 0.333. The molecule has 1 heterocycles. The molecule has 12 nitrogen and oxygen atoms in total. The van der Waals surface area contributed by atoms with Crippen molar-refractivity contribution in [1.82, 2.24) is 4.57 Å². The molecular formula is C36H43FN4O8. The monoisotopic (exact) mass is 678 g/mol. The summed E-state index contributed by atoms with van der Waals surface area (Å²) in [4.78, 5) is 38.3. The van der Waals surface area contributed by atoms with Gasteiger partial charge >= 0.3 is 0 Å². The number of amides is 1. The number of carbonyl (C=O) groups excluding carboxylic acids is 2. The van der Waals surface area contributed by atoms with Crippen LogP contribution in [-0.2, 0) is 16.2 Å². The van der Waals surface area contributed by atoms with E-state index in [1.807, 2.05) is 66.9 Å². The summed E-state index contributed by atoms with van der Waals surface area (Å²) in [6.07, 6.45) is -2.13. The van der Waals surface area contributed by atoms with Crippen LogP contribution in [0.3, 0.4) is 0 Å². The van der Waals surface area contributed by atoms with E-state index in [1.165, 1.54) is 12.1 Å². The zero-order chi connectivity index (χ0) is 35.9. The Hall–Kier alpha value is -5.11. The van der Waals surface area contributed by atoms with Crippen molar-refractivity contribution in [3.63, 3.8) is 0 Å². The van der Waals surface area contributed by atoms with E-state index in [0.29, 0.717) is 41.0 Å². The first-order valence-corrected chi connectivity index (χ1v) is 16.0. The van der Waals surface area contributed by atoms with Gasteiger partial charge < -0.3 is 40.6 Å². The molecular weight excluding hydrogens is 635 g/mol. The molecule has 0 radical (unpaired) electrons. The Balaban J connectivity index is 0.000000723. The SMILES string of the molecule is CC(C)c1c(C(=O)Nc2ccccc2)c(-c2ccccc2)c(-c2ccc(F)cc2)n1CC[C@@H](O)C[C@@H](O)CC(=O)[O-].[NH3+]CCCO[N+](=O)[O-]. The number of rotatable bonds is 16. The second kappa shape index (κ2) is 19.0. The molecule has 6 N–H and O–H groups in total. The number of aliphatic hydroxyl groups excluding tert-OH is 2. The number of para-hydroxylation sites is 1. The molecule has 0 fully saturated rings. The number of nitrogens with zero attached hydrogens (tertiary/aromatic N) is 2. The number of aliphatic carboxylic acids is 1. The number of benzene rings is 3. The van der Waals surface area contributed by atoms with Gasteiger partial charge in [0, 0.05) is 42.3 Å². The molecule has 0 saturated carbocycles. The summed E-state index contributed by atoms with van der Waals surface area (Å²) in [7, 11) is 0. The number of nitrogens with one attached hydrogen (secondary N) is 1. The van der Waals surface area contributed by atoms with Gasteiger partial charge in [-0.3, -0.25) is 4.79 Å². The molecule has 3 aromatic carbocycles. The second-order valence-electron chi connectivity index (χ2n) is 11.7. The van der Waals surface area contributed by atoms with Gasteiger partial charge in [0.15, 0.2) is 0 Å². The first-order chi connectivity index (χ1) is 23.4. The average molecular weight is 679 g/mol. The summed E-state index contributed by atoms with van der Waals surface area (Å²) in [6.45, 7) is 5.06. The van der Waals surface area contributed by atoms with Gasteiger partial charge in [-0.2, -0.15) is 0 Å². The maximum atomic E-state index is 14.0. The molecule has 1 aromatic heterocycles. The quantitative estimate of drug-likeness (QED) is 0.0780. The lowest BCUT2D eigenvalue weighted by atomic mass is 9.94. The summed E-state index contributed by atoms with van der Waals surface area (Å²) in [5, 5.41) is 43.2. The van der Waals surface area contributed by atoms with Gasteiger partial charge in [0.05, 0.1) is 30.0 Å². The number of carboxylic acid groups (broad SMARTS) is 1. The van der Waals surface area contributed by atoms with Gasteiger partial charge in [-0.05, 0) is 66.3 Å². The number of aliphatic hydroxyl groups is 2. The Morgan fingerprint density at radius 2 is 1.57 bits per heavy atom. The largest absolute Gasteiger partial charge is 0.550 e. The summed E-state index contributed by atoms with van der Waals surface area (Å²) >= 11 is 0. The molecule has 2 atom stereocenters. The molecule has 0 bridgehead atoms. The van der Waals surface area contributed by atoms with E-state index in [2.05, 4.69) is 15.9 Å². The highest BCUT2D eigenvalue weighted by Gasteiger charge is 2.31. The van der Waals surface area contributed by atoms with Crippen molar-refractivity contribution < 1.29 is 45.0 Å². The van der Waals surface area contributed by atoms with Crippen molar-refractivity contribution in [3.8, 4) is 22.4 Å². The van der Waals surface area contributed by atoms with Crippen LogP contribution in [0, 0.1) is 15.9 Å². The average Bonchev–Trinajstić information content (AvgIpc) is 3.40. The van der Waals surface area contributed by atoms with E-state index in [-0.39, 0.29) is 37.8 Å². The van der Waals surface area contributed by atoms with E-state index in [1.54, 1.807) is 24.3 Å². The lowest BCUT2D eigenvalue weighted by molar-refractivity contribution is -0.758. The van der Waals surface area contributed by atoms with Crippen LogP contribution >= 0.6 is 0 Å². The molecule has 0 aliphatic carbocycles. The van der Waals surface area contributed by atoms with Crippen molar-refractivity contribution in [1.29, 1.82) is 0 Å². The number of carboxylic acids is 1. The van der Waals surface area contributed by atoms with Crippen molar-refractivity contribution >= 4 is 17.6 Å². The third kappa shape index (κ3) is 11.5. The highest BCUT2D eigenvalue weighted by molar-refractivity contribution is 6.12. The highest BCUT2D eigenvalue weighted by Crippen LogP contribution is 2.42. The number of hydrogen-bond donors (Lipinski definition) is 4. The molecule has 0 aliphatic heterocycles. The van der Waals surface area contributed by atoms with Gasteiger partial charge in [-0.15, -0.1) is 10.1 Å². The predicted octanol–water partition coefficient (Wildman–Crippen LogP) is 3.81. The first kappa shape index (κ1) is 38.3. The normalized spacial score (nSPS) is 12.1. The van der Waals surface area contributed by atoms with Gasteiger partial charge in [0.25, 0.3) is 11.0 Å². The molecule has 4 rings (SSSR count). The van der Waals surface area contributed by atoms with Crippen molar-refractivity contribution in [2.75, 3.05) is 18.5 Å².